The maximum Gasteiger partial charge on any atom is 0.259 e. The predicted molar refractivity (Wildman–Crippen MR) is 99.9 cm³/mol. The van der Waals surface area contributed by atoms with Crippen LogP contribution in [0.1, 0.15) is 33.6 Å². The number of carbonyl (C=O) groups is 3. The van der Waals surface area contributed by atoms with Crippen LogP contribution in [0.15, 0.2) is 36.5 Å². The van der Waals surface area contributed by atoms with Gasteiger partial charge in [0.2, 0.25) is 5.91 Å². The molecular weight excluding hydrogens is 348 g/mol. The van der Waals surface area contributed by atoms with E-state index in [9.17, 15) is 14.4 Å². The quantitative estimate of drug-likeness (QED) is 0.723. The van der Waals surface area contributed by atoms with Crippen molar-refractivity contribution < 1.29 is 19.1 Å². The fourth-order valence-electron chi connectivity index (χ4n) is 2.54. The maximum atomic E-state index is 12.7. The van der Waals surface area contributed by atoms with Crippen molar-refractivity contribution in [2.24, 2.45) is 5.92 Å². The molecule has 0 atom stereocenters. The average molecular weight is 368 g/mol. The fourth-order valence-corrected chi connectivity index (χ4v) is 2.54. The fraction of sp³-hybridized carbons (Fsp3) is 0.263. The molecule has 0 radical (unpaired) electrons. The van der Waals surface area contributed by atoms with Gasteiger partial charge in [-0.2, -0.15) is 0 Å². The number of pyridine rings is 1. The molecule has 1 aliphatic carbocycles. The first-order chi connectivity index (χ1) is 13.0. The number of hydrogen-bond donors (Lipinski definition) is 3. The number of rotatable bonds is 6. The van der Waals surface area contributed by atoms with Gasteiger partial charge in [0.1, 0.15) is 11.6 Å². The normalized spacial score (nSPS) is 12.8. The van der Waals surface area contributed by atoms with E-state index < -0.39 is 11.8 Å². The minimum atomic E-state index is -0.441. The molecule has 3 rings (SSSR count). The molecule has 2 aromatic rings. The molecule has 8 heteroatoms. The Labute approximate surface area is 156 Å². The van der Waals surface area contributed by atoms with E-state index in [1.807, 2.05) is 0 Å². The second-order valence-electron chi connectivity index (χ2n) is 6.11. The highest BCUT2D eigenvalue weighted by molar-refractivity contribution is 6.10. The summed E-state index contributed by atoms with van der Waals surface area (Å²) in [5, 5.41) is 7.91. The minimum absolute atomic E-state index is 0.0111. The summed E-state index contributed by atoms with van der Waals surface area (Å²) in [6.45, 7) is 0. The summed E-state index contributed by atoms with van der Waals surface area (Å²) in [4.78, 5) is 40.8. The largest absolute Gasteiger partial charge is 0.496 e. The van der Waals surface area contributed by atoms with Crippen molar-refractivity contribution in [1.82, 2.24) is 10.3 Å². The zero-order chi connectivity index (χ0) is 19.4. The van der Waals surface area contributed by atoms with E-state index in [-0.39, 0.29) is 28.9 Å². The van der Waals surface area contributed by atoms with Gasteiger partial charge in [-0.25, -0.2) is 4.98 Å². The number of ether oxygens (including phenoxy) is 1. The van der Waals surface area contributed by atoms with Gasteiger partial charge in [0.05, 0.1) is 23.9 Å². The summed E-state index contributed by atoms with van der Waals surface area (Å²) in [7, 11) is 2.96. The predicted octanol–water partition coefficient (Wildman–Crippen LogP) is 2.05. The summed E-state index contributed by atoms with van der Waals surface area (Å²) in [5.74, 6) is -0.266. The molecule has 0 aliphatic heterocycles. The maximum absolute atomic E-state index is 12.7. The van der Waals surface area contributed by atoms with Gasteiger partial charge in [-0.05, 0) is 25.0 Å². The van der Waals surface area contributed by atoms with Crippen LogP contribution in [0.3, 0.4) is 0 Å². The number of aromatic nitrogens is 1. The van der Waals surface area contributed by atoms with E-state index in [4.69, 9.17) is 4.74 Å². The summed E-state index contributed by atoms with van der Waals surface area (Å²) in [6, 6.07) is 8.22. The number of hydrogen-bond acceptors (Lipinski definition) is 5. The average Bonchev–Trinajstić information content (AvgIpc) is 3.53. The number of anilines is 2. The minimum Gasteiger partial charge on any atom is -0.496 e. The van der Waals surface area contributed by atoms with Gasteiger partial charge in [-0.3, -0.25) is 14.4 Å². The Bertz CT molecular complexity index is 893. The lowest BCUT2D eigenvalue weighted by Crippen LogP contribution is -2.23. The zero-order valence-electron chi connectivity index (χ0n) is 15.0. The molecule has 1 heterocycles. The van der Waals surface area contributed by atoms with Crippen LogP contribution in [0, 0.1) is 5.92 Å². The molecule has 0 bridgehead atoms. The Morgan fingerprint density at radius 2 is 1.81 bits per heavy atom. The summed E-state index contributed by atoms with van der Waals surface area (Å²) in [6.07, 6.45) is 3.04. The van der Waals surface area contributed by atoms with Crippen LogP contribution >= 0.6 is 0 Å². The molecule has 140 valence electrons. The molecule has 0 saturated heterocycles. The lowest BCUT2D eigenvalue weighted by Gasteiger charge is -2.13. The van der Waals surface area contributed by atoms with Crippen LogP contribution in [-0.4, -0.2) is 36.9 Å². The van der Waals surface area contributed by atoms with E-state index in [0.29, 0.717) is 11.3 Å². The van der Waals surface area contributed by atoms with Gasteiger partial charge < -0.3 is 20.7 Å². The molecule has 27 heavy (non-hydrogen) atoms. The van der Waals surface area contributed by atoms with Crippen molar-refractivity contribution >= 4 is 29.2 Å². The highest BCUT2D eigenvalue weighted by Crippen LogP contribution is 2.30. The number of carbonyl (C=O) groups excluding carboxylic acids is 3. The lowest BCUT2D eigenvalue weighted by molar-refractivity contribution is -0.117. The van der Waals surface area contributed by atoms with Crippen LogP contribution in [0.2, 0.25) is 0 Å². The van der Waals surface area contributed by atoms with Crippen molar-refractivity contribution in [2.75, 3.05) is 24.8 Å². The molecule has 0 spiro atoms. The van der Waals surface area contributed by atoms with E-state index in [1.54, 1.807) is 24.3 Å². The molecular formula is C19H20N4O4. The van der Waals surface area contributed by atoms with Crippen LogP contribution in [0.4, 0.5) is 11.5 Å². The van der Waals surface area contributed by atoms with Gasteiger partial charge in [0.15, 0.2) is 0 Å². The molecule has 8 nitrogen and oxygen atoms in total. The second kappa shape index (κ2) is 7.86. The van der Waals surface area contributed by atoms with E-state index in [0.717, 1.165) is 12.8 Å². The SMILES string of the molecule is CNC(=O)c1cnc(NC(=O)C2CC2)cc1NC(=O)c1ccccc1OC. The van der Waals surface area contributed by atoms with Crippen molar-refractivity contribution in [2.45, 2.75) is 12.8 Å². The van der Waals surface area contributed by atoms with Crippen molar-refractivity contribution in [1.29, 1.82) is 0 Å². The molecule has 1 saturated carbocycles. The first kappa shape index (κ1) is 18.4. The van der Waals surface area contributed by atoms with Gasteiger partial charge in [0, 0.05) is 25.2 Å². The molecule has 3 N–H and O–H groups in total. The Balaban J connectivity index is 1.89. The van der Waals surface area contributed by atoms with Crippen LogP contribution in [-0.2, 0) is 4.79 Å². The van der Waals surface area contributed by atoms with Crippen molar-refractivity contribution in [3.05, 3.63) is 47.7 Å². The first-order valence-electron chi connectivity index (χ1n) is 8.51. The van der Waals surface area contributed by atoms with E-state index >= 15 is 0 Å². The van der Waals surface area contributed by atoms with Gasteiger partial charge in [0.25, 0.3) is 11.8 Å². The molecule has 1 fully saturated rings. The highest BCUT2D eigenvalue weighted by Gasteiger charge is 2.30. The Morgan fingerprint density at radius 1 is 1.07 bits per heavy atom. The first-order valence-corrected chi connectivity index (χ1v) is 8.51. The number of methoxy groups -OCH3 is 1. The molecule has 0 unspecified atom stereocenters. The highest BCUT2D eigenvalue weighted by atomic mass is 16.5. The van der Waals surface area contributed by atoms with E-state index in [2.05, 4.69) is 20.9 Å². The molecule has 1 aliphatic rings. The van der Waals surface area contributed by atoms with Crippen LogP contribution < -0.4 is 20.7 Å². The Hall–Kier alpha value is -3.42. The monoisotopic (exact) mass is 368 g/mol. The third-order valence-corrected chi connectivity index (χ3v) is 4.17. The van der Waals surface area contributed by atoms with Gasteiger partial charge in [-0.15, -0.1) is 0 Å². The Kier molecular flexibility index (Phi) is 5.35. The van der Waals surface area contributed by atoms with E-state index in [1.165, 1.54) is 26.4 Å². The number of nitrogens with zero attached hydrogens (tertiary/aromatic N) is 1. The van der Waals surface area contributed by atoms with Gasteiger partial charge in [-0.1, -0.05) is 12.1 Å². The van der Waals surface area contributed by atoms with Crippen LogP contribution in [0.5, 0.6) is 5.75 Å². The molecule has 3 amide bonds. The number of benzene rings is 1. The van der Waals surface area contributed by atoms with Gasteiger partial charge >= 0.3 is 0 Å². The molecule has 1 aromatic carbocycles. The summed E-state index contributed by atoms with van der Waals surface area (Å²) >= 11 is 0. The number of amides is 3. The second-order valence-corrected chi connectivity index (χ2v) is 6.11. The summed E-state index contributed by atoms with van der Waals surface area (Å²) in [5.41, 5.74) is 0.750. The third-order valence-electron chi connectivity index (χ3n) is 4.17. The van der Waals surface area contributed by atoms with Crippen molar-refractivity contribution in [3.63, 3.8) is 0 Å². The van der Waals surface area contributed by atoms with Crippen LogP contribution in [0.25, 0.3) is 0 Å². The third kappa shape index (κ3) is 4.22. The van der Waals surface area contributed by atoms with Crippen molar-refractivity contribution in [3.8, 4) is 5.75 Å². The molecule has 1 aromatic heterocycles. The lowest BCUT2D eigenvalue weighted by atomic mass is 10.1. The zero-order valence-corrected chi connectivity index (χ0v) is 15.0. The smallest absolute Gasteiger partial charge is 0.259 e. The topological polar surface area (TPSA) is 109 Å². The Morgan fingerprint density at radius 3 is 2.48 bits per heavy atom. The standard InChI is InChI=1S/C19H20N4O4/c1-20-18(25)13-10-21-16(23-17(24)11-7-8-11)9-14(13)22-19(26)12-5-3-4-6-15(12)27-2/h3-6,9-11H,7-8H2,1-2H3,(H,20,25)(H2,21,22,23,24,26). The number of para-hydroxylation sites is 1. The summed E-state index contributed by atoms with van der Waals surface area (Å²) < 4.78 is 5.20. The number of nitrogens with one attached hydrogen (secondary N) is 3.